The van der Waals surface area contributed by atoms with Gasteiger partial charge in [0, 0.05) is 31.5 Å². The number of hydrogen-bond donors (Lipinski definition) is 3. The number of nitrogens with one attached hydrogen (secondary N) is 1. The second-order valence-corrected chi connectivity index (χ2v) is 7.74. The summed E-state index contributed by atoms with van der Waals surface area (Å²) in [5, 5.41) is 3.58. The van der Waals surface area contributed by atoms with Gasteiger partial charge in [-0.2, -0.15) is 0 Å². The molecule has 0 bridgehead atoms. The van der Waals surface area contributed by atoms with Crippen LogP contribution < -0.4 is 16.8 Å². The van der Waals surface area contributed by atoms with Crippen LogP contribution in [0.4, 0.5) is 5.82 Å². The molecule has 0 saturated heterocycles. The maximum absolute atomic E-state index is 5.35. The number of fused-ring (bicyclic) bond motifs is 3. The lowest BCUT2D eigenvalue weighted by Crippen LogP contribution is -2.25. The molecule has 1 aromatic carbocycles. The Bertz CT molecular complexity index is 872. The largest absolute Gasteiger partial charge is 0.370 e. The number of benzene rings is 1. The van der Waals surface area contributed by atoms with Crippen LogP contribution in [-0.4, -0.2) is 54.1 Å². The third-order valence-corrected chi connectivity index (χ3v) is 5.24. The highest BCUT2D eigenvalue weighted by Crippen LogP contribution is 2.40. The molecule has 1 aliphatic carbocycles. The van der Waals surface area contributed by atoms with Gasteiger partial charge in [0.1, 0.15) is 11.6 Å². The Kier molecular flexibility index (Phi) is 7.04. The summed E-state index contributed by atoms with van der Waals surface area (Å²) < 4.78 is 0. The van der Waals surface area contributed by atoms with Crippen LogP contribution in [0.2, 0.25) is 0 Å². The van der Waals surface area contributed by atoms with E-state index in [1.54, 1.807) is 0 Å². The second-order valence-electron chi connectivity index (χ2n) is 7.74. The van der Waals surface area contributed by atoms with Gasteiger partial charge in [0.2, 0.25) is 0 Å². The molecule has 0 fully saturated rings. The number of rotatable bonds is 10. The summed E-state index contributed by atoms with van der Waals surface area (Å²) in [5.74, 6) is 2.05. The molecule has 0 aliphatic heterocycles. The fraction of sp³-hybridized carbons (Fsp3) is 0.500. The van der Waals surface area contributed by atoms with Crippen LogP contribution in [0, 0.1) is 6.92 Å². The van der Waals surface area contributed by atoms with Gasteiger partial charge >= 0.3 is 0 Å². The first-order valence-electron chi connectivity index (χ1n) is 10.5. The van der Waals surface area contributed by atoms with Crippen molar-refractivity contribution in [1.82, 2.24) is 14.9 Å². The molecule has 0 unspecified atom stereocenters. The number of nitrogens with two attached hydrogens (primary N) is 2. The molecule has 156 valence electrons. The van der Waals surface area contributed by atoms with Crippen molar-refractivity contribution < 1.29 is 0 Å². The minimum atomic E-state index is 0.164. The lowest BCUT2D eigenvalue weighted by molar-refractivity contribution is 0.330. The first-order valence-corrected chi connectivity index (χ1v) is 10.5. The number of guanidine groups is 1. The minimum Gasteiger partial charge on any atom is -0.370 e. The van der Waals surface area contributed by atoms with Gasteiger partial charge in [-0.15, -0.1) is 0 Å². The summed E-state index contributed by atoms with van der Waals surface area (Å²) in [6.45, 7) is 7.79. The molecule has 0 radical (unpaired) electrons. The molecule has 1 aromatic heterocycles. The Balaban J connectivity index is 1.58. The van der Waals surface area contributed by atoms with Crippen molar-refractivity contribution in [2.75, 3.05) is 38.5 Å². The van der Waals surface area contributed by atoms with Crippen molar-refractivity contribution in [2.24, 2.45) is 16.5 Å². The van der Waals surface area contributed by atoms with Crippen LogP contribution in [0.1, 0.15) is 42.4 Å². The highest BCUT2D eigenvalue weighted by molar-refractivity contribution is 5.84. The molecule has 5 N–H and O–H groups in total. The van der Waals surface area contributed by atoms with Gasteiger partial charge in [0.15, 0.2) is 5.96 Å². The lowest BCUT2D eigenvalue weighted by Gasteiger charge is -2.17. The van der Waals surface area contributed by atoms with E-state index in [0.717, 1.165) is 62.7 Å². The van der Waals surface area contributed by atoms with E-state index in [2.05, 4.69) is 54.3 Å². The molecule has 0 atom stereocenters. The SMILES string of the molecule is CCc1nc2c(c(NCCCN(C)CCCN=C(N)N)n1)-c1ccc(C)cc1C2. The number of anilines is 1. The molecule has 7 heteroatoms. The smallest absolute Gasteiger partial charge is 0.185 e. The minimum absolute atomic E-state index is 0.164. The summed E-state index contributed by atoms with van der Waals surface area (Å²) in [6, 6.07) is 6.65. The highest BCUT2D eigenvalue weighted by atomic mass is 15.1. The third kappa shape index (κ3) is 5.44. The van der Waals surface area contributed by atoms with E-state index in [1.807, 2.05) is 0 Å². The normalized spacial score (nSPS) is 12.0. The number of aryl methyl sites for hydroxylation is 2. The Hall–Kier alpha value is -2.67. The maximum atomic E-state index is 5.35. The van der Waals surface area contributed by atoms with Gasteiger partial charge in [0.05, 0.1) is 5.69 Å². The summed E-state index contributed by atoms with van der Waals surface area (Å²) in [7, 11) is 2.13. The van der Waals surface area contributed by atoms with Crippen LogP contribution in [0.25, 0.3) is 11.1 Å². The summed E-state index contributed by atoms with van der Waals surface area (Å²) in [6.07, 6.45) is 3.74. The summed E-state index contributed by atoms with van der Waals surface area (Å²) >= 11 is 0. The summed E-state index contributed by atoms with van der Waals surface area (Å²) in [4.78, 5) is 15.9. The Morgan fingerprint density at radius 3 is 2.76 bits per heavy atom. The van der Waals surface area contributed by atoms with E-state index in [-0.39, 0.29) is 5.96 Å². The molecule has 2 aromatic rings. The van der Waals surface area contributed by atoms with E-state index in [9.17, 15) is 0 Å². The maximum Gasteiger partial charge on any atom is 0.185 e. The molecule has 7 nitrogen and oxygen atoms in total. The van der Waals surface area contributed by atoms with Crippen molar-refractivity contribution in [3.63, 3.8) is 0 Å². The molecular weight excluding hydrogens is 362 g/mol. The van der Waals surface area contributed by atoms with Crippen LogP contribution in [0.3, 0.4) is 0 Å². The van der Waals surface area contributed by atoms with Gasteiger partial charge in [-0.05, 0) is 51.0 Å². The quantitative estimate of drug-likeness (QED) is 0.276. The number of nitrogens with zero attached hydrogens (tertiary/aromatic N) is 4. The van der Waals surface area contributed by atoms with E-state index in [0.29, 0.717) is 6.54 Å². The molecule has 29 heavy (non-hydrogen) atoms. The topological polar surface area (TPSA) is 105 Å². The van der Waals surface area contributed by atoms with Gasteiger partial charge in [-0.3, -0.25) is 4.99 Å². The van der Waals surface area contributed by atoms with Gasteiger partial charge < -0.3 is 21.7 Å². The van der Waals surface area contributed by atoms with E-state index in [4.69, 9.17) is 21.4 Å². The van der Waals surface area contributed by atoms with Crippen molar-refractivity contribution in [1.29, 1.82) is 0 Å². The average Bonchev–Trinajstić information content (AvgIpc) is 3.05. The standard InChI is InChI=1S/C22H33N7/c1-4-19-27-18-14-16-13-15(2)7-8-17(16)20(18)21(28-19)25-9-5-11-29(3)12-6-10-26-22(23)24/h7-8,13H,4-6,9-12,14H2,1-3H3,(H4,23,24,26)(H,25,27,28). The molecular formula is C22H33N7. The van der Waals surface area contributed by atoms with E-state index >= 15 is 0 Å². The van der Waals surface area contributed by atoms with Crippen molar-refractivity contribution in [3.05, 3.63) is 40.8 Å². The van der Waals surface area contributed by atoms with Crippen molar-refractivity contribution in [2.45, 2.75) is 39.5 Å². The Morgan fingerprint density at radius 2 is 2.00 bits per heavy atom. The number of hydrogen-bond acceptors (Lipinski definition) is 5. The van der Waals surface area contributed by atoms with Crippen LogP contribution in [-0.2, 0) is 12.8 Å². The van der Waals surface area contributed by atoms with E-state index < -0.39 is 0 Å². The third-order valence-electron chi connectivity index (χ3n) is 5.24. The first kappa shape index (κ1) is 21.0. The van der Waals surface area contributed by atoms with Gasteiger partial charge in [-0.1, -0.05) is 30.7 Å². The fourth-order valence-corrected chi connectivity index (χ4v) is 3.76. The second kappa shape index (κ2) is 9.69. The molecule has 3 rings (SSSR count). The van der Waals surface area contributed by atoms with Crippen LogP contribution in [0.5, 0.6) is 0 Å². The van der Waals surface area contributed by atoms with Gasteiger partial charge in [-0.25, -0.2) is 9.97 Å². The van der Waals surface area contributed by atoms with Crippen molar-refractivity contribution in [3.8, 4) is 11.1 Å². The summed E-state index contributed by atoms with van der Waals surface area (Å²) in [5.41, 5.74) is 17.0. The molecule has 1 aliphatic rings. The number of aromatic nitrogens is 2. The highest BCUT2D eigenvalue weighted by Gasteiger charge is 2.24. The predicted octanol–water partition coefficient (Wildman–Crippen LogP) is 2.32. The van der Waals surface area contributed by atoms with Crippen LogP contribution >= 0.6 is 0 Å². The zero-order chi connectivity index (χ0) is 20.8. The van der Waals surface area contributed by atoms with Crippen LogP contribution in [0.15, 0.2) is 23.2 Å². The average molecular weight is 396 g/mol. The lowest BCUT2D eigenvalue weighted by atomic mass is 10.0. The van der Waals surface area contributed by atoms with E-state index in [1.165, 1.54) is 22.3 Å². The molecule has 0 amide bonds. The van der Waals surface area contributed by atoms with Crippen molar-refractivity contribution >= 4 is 11.8 Å². The molecule has 1 heterocycles. The number of aliphatic imine (C=N–C) groups is 1. The zero-order valence-electron chi connectivity index (χ0n) is 17.8. The fourth-order valence-electron chi connectivity index (χ4n) is 3.76. The molecule has 0 saturated carbocycles. The monoisotopic (exact) mass is 395 g/mol. The Labute approximate surface area is 173 Å². The molecule has 0 spiro atoms. The first-order chi connectivity index (χ1) is 14.0. The van der Waals surface area contributed by atoms with Gasteiger partial charge in [0.25, 0.3) is 0 Å². The predicted molar refractivity (Wildman–Crippen MR) is 120 cm³/mol. The Morgan fingerprint density at radius 1 is 1.21 bits per heavy atom. The zero-order valence-corrected chi connectivity index (χ0v) is 17.8.